The van der Waals surface area contributed by atoms with Gasteiger partial charge in [0.25, 0.3) is 0 Å². The summed E-state index contributed by atoms with van der Waals surface area (Å²) < 4.78 is 0. The Hall–Kier alpha value is -2.54. The Labute approximate surface area is 99.7 Å². The normalized spacial score (nSPS) is 9.59. The Bertz CT molecular complexity index is 543. The van der Waals surface area contributed by atoms with Crippen LogP contribution in [0.2, 0.25) is 0 Å². The maximum atomic E-state index is 8.98. The van der Waals surface area contributed by atoms with Gasteiger partial charge in [0.15, 0.2) is 0 Å². The zero-order chi connectivity index (χ0) is 12.1. The van der Waals surface area contributed by atoms with Crippen LogP contribution >= 0.6 is 0 Å². The molecule has 0 fully saturated rings. The summed E-state index contributed by atoms with van der Waals surface area (Å²) in [6.07, 6.45) is 3.48. The molecule has 1 aromatic carbocycles. The van der Waals surface area contributed by atoms with E-state index in [0.717, 1.165) is 11.3 Å². The molecule has 1 heterocycles. The van der Waals surface area contributed by atoms with Gasteiger partial charge >= 0.3 is 0 Å². The van der Waals surface area contributed by atoms with E-state index < -0.39 is 0 Å². The molecule has 0 aliphatic heterocycles. The Morgan fingerprint density at radius 1 is 1.24 bits per heavy atom. The van der Waals surface area contributed by atoms with Crippen molar-refractivity contribution in [2.75, 3.05) is 11.1 Å². The summed E-state index contributed by atoms with van der Waals surface area (Å²) in [5.41, 5.74) is 8.67. The van der Waals surface area contributed by atoms with E-state index in [2.05, 4.69) is 16.4 Å². The molecule has 0 aliphatic rings. The van der Waals surface area contributed by atoms with Crippen molar-refractivity contribution in [1.29, 1.82) is 5.26 Å². The van der Waals surface area contributed by atoms with Crippen LogP contribution in [0.25, 0.3) is 0 Å². The third-order valence-electron chi connectivity index (χ3n) is 2.40. The first-order valence-corrected chi connectivity index (χ1v) is 5.22. The minimum Gasteiger partial charge on any atom is -0.399 e. The molecule has 0 saturated heterocycles. The average molecular weight is 224 g/mol. The van der Waals surface area contributed by atoms with Crippen LogP contribution < -0.4 is 11.1 Å². The minimum absolute atomic E-state index is 0.555. The van der Waals surface area contributed by atoms with Crippen molar-refractivity contribution in [3.63, 3.8) is 0 Å². The molecule has 0 atom stereocenters. The maximum absolute atomic E-state index is 8.98. The SMILES string of the molecule is N#Cc1cc(N)ccc1NCc1ccncc1. The van der Waals surface area contributed by atoms with Crippen molar-refractivity contribution in [3.8, 4) is 6.07 Å². The van der Waals surface area contributed by atoms with Crippen molar-refractivity contribution in [3.05, 3.63) is 53.9 Å². The van der Waals surface area contributed by atoms with Gasteiger partial charge in [0.1, 0.15) is 6.07 Å². The number of benzene rings is 1. The van der Waals surface area contributed by atoms with Crippen molar-refractivity contribution in [2.24, 2.45) is 0 Å². The molecule has 0 radical (unpaired) electrons. The molecule has 1 aromatic heterocycles. The van der Waals surface area contributed by atoms with E-state index in [-0.39, 0.29) is 0 Å². The summed E-state index contributed by atoms with van der Waals surface area (Å²) in [6, 6.07) is 11.2. The highest BCUT2D eigenvalue weighted by atomic mass is 14.9. The van der Waals surface area contributed by atoms with Crippen molar-refractivity contribution in [1.82, 2.24) is 4.98 Å². The van der Waals surface area contributed by atoms with Crippen molar-refractivity contribution < 1.29 is 0 Å². The second-order valence-electron chi connectivity index (χ2n) is 3.63. The second kappa shape index (κ2) is 4.99. The van der Waals surface area contributed by atoms with Gasteiger partial charge < -0.3 is 11.1 Å². The molecule has 0 saturated carbocycles. The molecular formula is C13H12N4. The fraction of sp³-hybridized carbons (Fsp3) is 0.0769. The zero-order valence-corrected chi connectivity index (χ0v) is 9.22. The number of hydrogen-bond donors (Lipinski definition) is 2. The summed E-state index contributed by atoms with van der Waals surface area (Å²) >= 11 is 0. The molecule has 0 amide bonds. The number of hydrogen-bond acceptors (Lipinski definition) is 4. The number of aromatic nitrogens is 1. The van der Waals surface area contributed by atoms with Crippen LogP contribution in [-0.2, 0) is 6.54 Å². The predicted molar refractivity (Wildman–Crippen MR) is 67.1 cm³/mol. The lowest BCUT2D eigenvalue weighted by atomic mass is 10.1. The van der Waals surface area contributed by atoms with Gasteiger partial charge in [-0.05, 0) is 35.9 Å². The topological polar surface area (TPSA) is 74.7 Å². The van der Waals surface area contributed by atoms with Crippen LogP contribution in [0, 0.1) is 11.3 Å². The first kappa shape index (κ1) is 11.0. The molecule has 0 spiro atoms. The van der Waals surface area contributed by atoms with Gasteiger partial charge in [-0.3, -0.25) is 4.98 Å². The van der Waals surface area contributed by atoms with Gasteiger partial charge in [0.2, 0.25) is 0 Å². The number of nitrogens with one attached hydrogen (secondary N) is 1. The fourth-order valence-corrected chi connectivity index (χ4v) is 1.51. The van der Waals surface area contributed by atoms with E-state index in [1.807, 2.05) is 18.2 Å². The predicted octanol–water partition coefficient (Wildman–Crippen LogP) is 2.15. The lowest BCUT2D eigenvalue weighted by molar-refractivity contribution is 1.12. The highest BCUT2D eigenvalue weighted by Crippen LogP contribution is 2.18. The van der Waals surface area contributed by atoms with Gasteiger partial charge in [-0.25, -0.2) is 0 Å². The quantitative estimate of drug-likeness (QED) is 0.783. The highest BCUT2D eigenvalue weighted by molar-refractivity contribution is 5.63. The number of nitriles is 1. The number of nitrogen functional groups attached to an aromatic ring is 1. The number of pyridine rings is 1. The Morgan fingerprint density at radius 2 is 2.00 bits per heavy atom. The number of rotatable bonds is 3. The standard InChI is InChI=1S/C13H12N4/c14-8-11-7-12(15)1-2-13(11)17-9-10-3-5-16-6-4-10/h1-7,17H,9,15H2. The molecule has 4 heteroatoms. The third kappa shape index (κ3) is 2.73. The van der Waals surface area contributed by atoms with Crippen LogP contribution in [0.3, 0.4) is 0 Å². The lowest BCUT2D eigenvalue weighted by Gasteiger charge is -2.08. The van der Waals surface area contributed by atoms with E-state index in [1.54, 1.807) is 24.5 Å². The van der Waals surface area contributed by atoms with E-state index in [4.69, 9.17) is 11.0 Å². The molecular weight excluding hydrogens is 212 g/mol. The second-order valence-corrected chi connectivity index (χ2v) is 3.63. The number of nitrogens with two attached hydrogens (primary N) is 1. The highest BCUT2D eigenvalue weighted by Gasteiger charge is 2.01. The summed E-state index contributed by atoms with van der Waals surface area (Å²) in [5, 5.41) is 12.2. The Kier molecular flexibility index (Phi) is 3.22. The van der Waals surface area contributed by atoms with Gasteiger partial charge in [-0.1, -0.05) is 0 Å². The molecule has 84 valence electrons. The maximum Gasteiger partial charge on any atom is 0.101 e. The minimum atomic E-state index is 0.555. The van der Waals surface area contributed by atoms with E-state index in [0.29, 0.717) is 17.8 Å². The van der Waals surface area contributed by atoms with Crippen LogP contribution in [0.5, 0.6) is 0 Å². The number of nitrogens with zero attached hydrogens (tertiary/aromatic N) is 2. The van der Waals surface area contributed by atoms with Gasteiger partial charge in [-0.15, -0.1) is 0 Å². The molecule has 3 N–H and O–H groups in total. The first-order chi connectivity index (χ1) is 8.29. The van der Waals surface area contributed by atoms with Crippen molar-refractivity contribution >= 4 is 11.4 Å². The van der Waals surface area contributed by atoms with Crippen LogP contribution in [0.15, 0.2) is 42.7 Å². The van der Waals surface area contributed by atoms with E-state index in [9.17, 15) is 0 Å². The fourth-order valence-electron chi connectivity index (χ4n) is 1.51. The van der Waals surface area contributed by atoms with Gasteiger partial charge in [-0.2, -0.15) is 5.26 Å². The molecule has 2 aromatic rings. The Balaban J connectivity index is 2.12. The molecule has 0 unspecified atom stereocenters. The van der Waals surface area contributed by atoms with Gasteiger partial charge in [0.05, 0.1) is 11.3 Å². The average Bonchev–Trinajstić information content (AvgIpc) is 2.38. The monoisotopic (exact) mass is 224 g/mol. The van der Waals surface area contributed by atoms with Gasteiger partial charge in [0, 0.05) is 24.6 Å². The van der Waals surface area contributed by atoms with Crippen LogP contribution in [-0.4, -0.2) is 4.98 Å². The smallest absolute Gasteiger partial charge is 0.101 e. The summed E-state index contributed by atoms with van der Waals surface area (Å²) in [6.45, 7) is 0.654. The molecule has 0 bridgehead atoms. The molecule has 0 aliphatic carbocycles. The molecule has 17 heavy (non-hydrogen) atoms. The first-order valence-electron chi connectivity index (χ1n) is 5.22. The van der Waals surface area contributed by atoms with Crippen molar-refractivity contribution in [2.45, 2.75) is 6.54 Å². The molecule has 4 nitrogen and oxygen atoms in total. The lowest BCUT2D eigenvalue weighted by Crippen LogP contribution is -2.01. The summed E-state index contributed by atoms with van der Waals surface area (Å²) in [7, 11) is 0. The largest absolute Gasteiger partial charge is 0.399 e. The van der Waals surface area contributed by atoms with E-state index >= 15 is 0 Å². The molecule has 2 rings (SSSR count). The number of anilines is 2. The van der Waals surface area contributed by atoms with E-state index in [1.165, 1.54) is 0 Å². The Morgan fingerprint density at radius 3 is 2.71 bits per heavy atom. The van der Waals surface area contributed by atoms with Crippen LogP contribution in [0.4, 0.5) is 11.4 Å². The summed E-state index contributed by atoms with van der Waals surface area (Å²) in [5.74, 6) is 0. The zero-order valence-electron chi connectivity index (χ0n) is 9.22. The van der Waals surface area contributed by atoms with Crippen LogP contribution in [0.1, 0.15) is 11.1 Å². The summed E-state index contributed by atoms with van der Waals surface area (Å²) in [4.78, 5) is 3.95. The third-order valence-corrected chi connectivity index (χ3v) is 2.40.